The number of aliphatic hydroxyl groups is 2. The predicted octanol–water partition coefficient (Wildman–Crippen LogP) is 2.71. The van der Waals surface area contributed by atoms with E-state index in [9.17, 15) is 9.90 Å². The van der Waals surface area contributed by atoms with Gasteiger partial charge in [0.25, 0.3) is 0 Å². The molecule has 1 atom stereocenters. The van der Waals surface area contributed by atoms with Crippen molar-refractivity contribution in [3.05, 3.63) is 45.4 Å². The largest absolute Gasteiger partial charge is 0.394 e. The Bertz CT molecular complexity index is 688. The maximum atomic E-state index is 11.7. The number of rotatable bonds is 6. The first kappa shape index (κ1) is 18.9. The van der Waals surface area contributed by atoms with E-state index >= 15 is 0 Å². The van der Waals surface area contributed by atoms with Gasteiger partial charge >= 0.3 is 6.03 Å². The molecule has 1 aromatic heterocycles. The van der Waals surface area contributed by atoms with Crippen LogP contribution in [-0.2, 0) is 5.41 Å². The van der Waals surface area contributed by atoms with E-state index in [1.807, 2.05) is 29.6 Å². The molecule has 1 heterocycles. The topological polar surface area (TPSA) is 94.5 Å². The normalized spacial score (nSPS) is 12.7. The number of anilines is 1. The van der Waals surface area contributed by atoms with Crippen LogP contribution in [0, 0.1) is 0 Å². The van der Waals surface area contributed by atoms with E-state index in [-0.39, 0.29) is 12.0 Å². The molecule has 24 heavy (non-hydrogen) atoms. The Morgan fingerprint density at radius 1 is 1.38 bits per heavy atom. The molecule has 4 N–H and O–H groups in total. The minimum atomic E-state index is -0.973. The van der Waals surface area contributed by atoms with Gasteiger partial charge < -0.3 is 15.5 Å². The van der Waals surface area contributed by atoms with Crippen molar-refractivity contribution in [2.45, 2.75) is 25.4 Å². The first-order valence-electron chi connectivity index (χ1n) is 7.38. The van der Waals surface area contributed by atoms with Gasteiger partial charge in [0.2, 0.25) is 0 Å². The van der Waals surface area contributed by atoms with Gasteiger partial charge in [0.05, 0.1) is 18.4 Å². The minimum Gasteiger partial charge on any atom is -0.394 e. The van der Waals surface area contributed by atoms with Gasteiger partial charge in [-0.25, -0.2) is 9.78 Å². The van der Waals surface area contributed by atoms with Gasteiger partial charge in [-0.1, -0.05) is 41.9 Å². The Labute approximate surface area is 153 Å². The molecule has 0 aliphatic heterocycles. The zero-order valence-electron chi connectivity index (χ0n) is 13.4. The zero-order chi connectivity index (χ0) is 17.7. The van der Waals surface area contributed by atoms with E-state index in [0.29, 0.717) is 5.13 Å². The number of aromatic nitrogens is 1. The summed E-state index contributed by atoms with van der Waals surface area (Å²) in [7, 11) is 0. The third-order valence-electron chi connectivity index (χ3n) is 3.64. The second-order valence-electron chi connectivity index (χ2n) is 5.84. The average Bonchev–Trinajstić information content (AvgIpc) is 3.02. The monoisotopic (exact) mass is 413 g/mol. The molecule has 130 valence electrons. The smallest absolute Gasteiger partial charge is 0.321 e. The molecule has 2 amide bonds. The molecule has 0 bridgehead atoms. The average molecular weight is 414 g/mol. The van der Waals surface area contributed by atoms with Gasteiger partial charge in [0.1, 0.15) is 0 Å². The summed E-state index contributed by atoms with van der Waals surface area (Å²) in [5.41, 5.74) is 1.69. The van der Waals surface area contributed by atoms with Crippen molar-refractivity contribution in [2.24, 2.45) is 0 Å². The minimum absolute atomic E-state index is 0.0229. The molecule has 0 radical (unpaired) electrons. The van der Waals surface area contributed by atoms with Crippen LogP contribution in [0.5, 0.6) is 0 Å². The Morgan fingerprint density at radius 2 is 2.04 bits per heavy atom. The van der Waals surface area contributed by atoms with Crippen LogP contribution in [0.3, 0.4) is 0 Å². The molecular weight excluding hydrogens is 394 g/mol. The Hall–Kier alpha value is -1.48. The van der Waals surface area contributed by atoms with Crippen LogP contribution < -0.4 is 10.6 Å². The second kappa shape index (κ2) is 8.06. The zero-order valence-corrected chi connectivity index (χ0v) is 15.8. The fourth-order valence-electron chi connectivity index (χ4n) is 2.05. The lowest BCUT2D eigenvalue weighted by Gasteiger charge is -2.23. The molecule has 1 unspecified atom stereocenters. The molecule has 1 aromatic carbocycles. The molecule has 0 aliphatic rings. The maximum absolute atomic E-state index is 11.7. The molecule has 0 saturated carbocycles. The van der Waals surface area contributed by atoms with Crippen LogP contribution in [0.1, 0.15) is 25.1 Å². The summed E-state index contributed by atoms with van der Waals surface area (Å²) in [5, 5.41) is 25.4. The molecule has 6 nitrogen and oxygen atoms in total. The standard InChI is InChI=1S/C16H20BrN3O3S/c1-16(2,10-3-5-11(17)6-4-10)13-9-24-15(19-13)20-14(23)18-7-12(22)8-21/h3-6,9,12,21-22H,7-8H2,1-2H3,(H2,18,19,20,23). The van der Waals surface area contributed by atoms with Crippen molar-refractivity contribution < 1.29 is 15.0 Å². The number of amides is 2. The summed E-state index contributed by atoms with van der Waals surface area (Å²) in [5.74, 6) is 0. The predicted molar refractivity (Wildman–Crippen MR) is 98.5 cm³/mol. The van der Waals surface area contributed by atoms with Gasteiger partial charge in [-0.3, -0.25) is 5.32 Å². The maximum Gasteiger partial charge on any atom is 0.321 e. The van der Waals surface area contributed by atoms with Crippen LogP contribution >= 0.6 is 27.3 Å². The lowest BCUT2D eigenvalue weighted by molar-refractivity contribution is 0.0965. The number of carbonyl (C=O) groups excluding carboxylic acids is 1. The van der Waals surface area contributed by atoms with Crippen LogP contribution in [-0.4, -0.2) is 40.5 Å². The molecule has 0 saturated heterocycles. The van der Waals surface area contributed by atoms with E-state index < -0.39 is 18.7 Å². The number of thiazole rings is 1. The first-order chi connectivity index (χ1) is 11.3. The highest BCUT2D eigenvalue weighted by Gasteiger charge is 2.26. The lowest BCUT2D eigenvalue weighted by atomic mass is 9.82. The van der Waals surface area contributed by atoms with Crippen LogP contribution in [0.2, 0.25) is 0 Å². The highest BCUT2D eigenvalue weighted by molar-refractivity contribution is 9.10. The summed E-state index contributed by atoms with van der Waals surface area (Å²) < 4.78 is 1.02. The van der Waals surface area contributed by atoms with Crippen molar-refractivity contribution in [2.75, 3.05) is 18.5 Å². The number of carbonyl (C=O) groups is 1. The number of benzene rings is 1. The number of hydrogen-bond donors (Lipinski definition) is 4. The van der Waals surface area contributed by atoms with Gasteiger partial charge in [0, 0.05) is 21.8 Å². The Morgan fingerprint density at radius 3 is 2.67 bits per heavy atom. The van der Waals surface area contributed by atoms with E-state index in [1.54, 1.807) is 0 Å². The summed E-state index contributed by atoms with van der Waals surface area (Å²) in [6, 6.07) is 7.59. The van der Waals surface area contributed by atoms with Crippen molar-refractivity contribution in [3.8, 4) is 0 Å². The van der Waals surface area contributed by atoms with Gasteiger partial charge in [0.15, 0.2) is 5.13 Å². The van der Waals surface area contributed by atoms with Gasteiger partial charge in [-0.05, 0) is 17.7 Å². The number of aliphatic hydroxyl groups excluding tert-OH is 2. The Balaban J connectivity index is 2.04. The second-order valence-corrected chi connectivity index (χ2v) is 7.61. The fourth-order valence-corrected chi connectivity index (χ4v) is 3.19. The molecule has 8 heteroatoms. The molecule has 2 aromatic rings. The fraction of sp³-hybridized carbons (Fsp3) is 0.375. The first-order valence-corrected chi connectivity index (χ1v) is 9.06. The summed E-state index contributed by atoms with van der Waals surface area (Å²) in [4.78, 5) is 16.2. The molecular formula is C16H20BrN3O3S. The molecule has 0 aliphatic carbocycles. The summed E-state index contributed by atoms with van der Waals surface area (Å²) in [6.45, 7) is 3.73. The lowest BCUT2D eigenvalue weighted by Crippen LogP contribution is -2.36. The quantitative estimate of drug-likeness (QED) is 0.585. The van der Waals surface area contributed by atoms with Gasteiger partial charge in [-0.2, -0.15) is 0 Å². The van der Waals surface area contributed by atoms with E-state index in [1.165, 1.54) is 11.3 Å². The van der Waals surface area contributed by atoms with Crippen LogP contribution in [0.15, 0.2) is 34.1 Å². The number of nitrogens with zero attached hydrogens (tertiary/aromatic N) is 1. The van der Waals surface area contributed by atoms with Crippen LogP contribution in [0.4, 0.5) is 9.93 Å². The molecule has 0 fully saturated rings. The third kappa shape index (κ3) is 4.76. The van der Waals surface area contributed by atoms with Crippen molar-refractivity contribution in [1.82, 2.24) is 10.3 Å². The highest BCUT2D eigenvalue weighted by Crippen LogP contribution is 2.33. The van der Waals surface area contributed by atoms with E-state index in [2.05, 4.69) is 45.4 Å². The highest BCUT2D eigenvalue weighted by atomic mass is 79.9. The van der Waals surface area contributed by atoms with E-state index in [4.69, 9.17) is 5.11 Å². The number of nitrogens with one attached hydrogen (secondary N) is 2. The van der Waals surface area contributed by atoms with Gasteiger partial charge in [-0.15, -0.1) is 11.3 Å². The number of hydrogen-bond acceptors (Lipinski definition) is 5. The van der Waals surface area contributed by atoms with Crippen LogP contribution in [0.25, 0.3) is 0 Å². The third-order valence-corrected chi connectivity index (χ3v) is 4.93. The van der Waals surface area contributed by atoms with Crippen molar-refractivity contribution in [3.63, 3.8) is 0 Å². The van der Waals surface area contributed by atoms with E-state index in [0.717, 1.165) is 15.7 Å². The Kier molecular flexibility index (Phi) is 6.34. The van der Waals surface area contributed by atoms with Crippen molar-refractivity contribution in [1.29, 1.82) is 0 Å². The molecule has 0 spiro atoms. The number of halogens is 1. The number of urea groups is 1. The summed E-state index contributed by atoms with van der Waals surface area (Å²) in [6.07, 6.45) is -0.973. The summed E-state index contributed by atoms with van der Waals surface area (Å²) >= 11 is 4.77. The molecule has 2 rings (SSSR count). The SMILES string of the molecule is CC(C)(c1ccc(Br)cc1)c1csc(NC(=O)NCC(O)CO)n1. The van der Waals surface area contributed by atoms with Crippen molar-refractivity contribution >= 4 is 38.4 Å².